The van der Waals surface area contributed by atoms with Crippen LogP contribution in [0.2, 0.25) is 0 Å². The van der Waals surface area contributed by atoms with Crippen molar-refractivity contribution in [3.05, 3.63) is 10.6 Å². The molecule has 1 saturated heterocycles. The van der Waals surface area contributed by atoms with Crippen LogP contribution in [0.15, 0.2) is 0 Å². The third-order valence-electron chi connectivity index (χ3n) is 2.75. The number of aromatic amines is 1. The maximum absolute atomic E-state index is 5.62. The summed E-state index contributed by atoms with van der Waals surface area (Å²) in [4.78, 5) is 0. The monoisotopic (exact) mass is 227 g/mol. The molecule has 6 heteroatoms. The first-order valence-electron chi connectivity index (χ1n) is 5.22. The molecule has 0 spiro atoms. The van der Waals surface area contributed by atoms with Gasteiger partial charge in [-0.15, -0.1) is 0 Å². The maximum atomic E-state index is 5.62. The molecule has 0 amide bonds. The Hall–Kier alpha value is -0.720. The molecular formula is C9H13N3O2S. The highest BCUT2D eigenvalue weighted by Gasteiger charge is 2.31. The standard InChI is InChI=1S/C9H13N3O2S/c15-9-11-10-8(12(9)6-1-2-6)7-5-13-3-4-14-7/h6-7H,1-5H2,(H,11,15). The lowest BCUT2D eigenvalue weighted by Gasteiger charge is -2.22. The molecule has 15 heavy (non-hydrogen) atoms. The van der Waals surface area contributed by atoms with Crippen LogP contribution in [0.25, 0.3) is 0 Å². The number of nitrogens with one attached hydrogen (secondary N) is 1. The Morgan fingerprint density at radius 2 is 2.27 bits per heavy atom. The Bertz CT molecular complexity index is 404. The molecule has 1 unspecified atom stereocenters. The fourth-order valence-corrected chi connectivity index (χ4v) is 2.15. The second-order valence-corrected chi connectivity index (χ2v) is 4.31. The second kappa shape index (κ2) is 3.70. The predicted molar refractivity (Wildman–Crippen MR) is 55.2 cm³/mol. The molecule has 1 aromatic rings. The van der Waals surface area contributed by atoms with Gasteiger partial charge in [0.25, 0.3) is 0 Å². The summed E-state index contributed by atoms with van der Waals surface area (Å²) in [7, 11) is 0. The van der Waals surface area contributed by atoms with Gasteiger partial charge in [0, 0.05) is 6.04 Å². The highest BCUT2D eigenvalue weighted by molar-refractivity contribution is 7.71. The normalized spacial score (nSPS) is 26.8. The first-order chi connectivity index (χ1) is 7.36. The molecule has 0 aromatic carbocycles. The number of rotatable bonds is 2. The molecule has 0 radical (unpaired) electrons. The Balaban J connectivity index is 1.92. The van der Waals surface area contributed by atoms with Crippen molar-refractivity contribution in [3.63, 3.8) is 0 Å². The molecule has 5 nitrogen and oxygen atoms in total. The van der Waals surface area contributed by atoms with Crippen molar-refractivity contribution in [1.29, 1.82) is 0 Å². The van der Waals surface area contributed by atoms with E-state index in [1.54, 1.807) is 0 Å². The van der Waals surface area contributed by atoms with Crippen molar-refractivity contribution >= 4 is 12.2 Å². The summed E-state index contributed by atoms with van der Waals surface area (Å²) < 4.78 is 13.8. The number of ether oxygens (including phenoxy) is 2. The van der Waals surface area contributed by atoms with Gasteiger partial charge < -0.3 is 9.47 Å². The minimum Gasteiger partial charge on any atom is -0.376 e. The summed E-state index contributed by atoms with van der Waals surface area (Å²) in [6.45, 7) is 1.88. The van der Waals surface area contributed by atoms with Crippen LogP contribution in [0.3, 0.4) is 0 Å². The van der Waals surface area contributed by atoms with Gasteiger partial charge in [-0.05, 0) is 25.1 Å². The maximum Gasteiger partial charge on any atom is 0.195 e. The number of aromatic nitrogens is 3. The average Bonchev–Trinajstić information content (AvgIpc) is 3.03. The average molecular weight is 227 g/mol. The summed E-state index contributed by atoms with van der Waals surface area (Å²) in [5.74, 6) is 0.891. The Morgan fingerprint density at radius 1 is 1.40 bits per heavy atom. The topological polar surface area (TPSA) is 52.1 Å². The van der Waals surface area contributed by atoms with E-state index in [9.17, 15) is 0 Å². The van der Waals surface area contributed by atoms with Crippen molar-refractivity contribution in [2.75, 3.05) is 19.8 Å². The van der Waals surface area contributed by atoms with Crippen LogP contribution in [0.1, 0.15) is 30.8 Å². The largest absolute Gasteiger partial charge is 0.376 e. The van der Waals surface area contributed by atoms with Gasteiger partial charge in [0.15, 0.2) is 10.6 Å². The van der Waals surface area contributed by atoms with E-state index in [2.05, 4.69) is 14.8 Å². The SMILES string of the molecule is S=c1[nH]nc(C2COCCO2)n1C1CC1. The van der Waals surface area contributed by atoms with E-state index in [1.165, 1.54) is 12.8 Å². The van der Waals surface area contributed by atoms with Crippen molar-refractivity contribution in [2.45, 2.75) is 25.0 Å². The van der Waals surface area contributed by atoms with Crippen LogP contribution in [-0.4, -0.2) is 34.6 Å². The van der Waals surface area contributed by atoms with Crippen LogP contribution in [0.4, 0.5) is 0 Å². The van der Waals surface area contributed by atoms with E-state index in [1.807, 2.05) is 0 Å². The third-order valence-corrected chi connectivity index (χ3v) is 3.04. The zero-order chi connectivity index (χ0) is 10.3. The van der Waals surface area contributed by atoms with Crippen molar-refractivity contribution in [1.82, 2.24) is 14.8 Å². The predicted octanol–water partition coefficient (Wildman–Crippen LogP) is 1.36. The summed E-state index contributed by atoms with van der Waals surface area (Å²) in [5, 5.41) is 7.08. The minimum atomic E-state index is -0.0627. The van der Waals surface area contributed by atoms with Crippen molar-refractivity contribution < 1.29 is 9.47 Å². The van der Waals surface area contributed by atoms with Gasteiger partial charge in [0.05, 0.1) is 19.8 Å². The fourth-order valence-electron chi connectivity index (χ4n) is 1.87. The molecule has 2 fully saturated rings. The number of nitrogens with zero attached hydrogens (tertiary/aromatic N) is 2. The zero-order valence-corrected chi connectivity index (χ0v) is 9.13. The highest BCUT2D eigenvalue weighted by atomic mass is 32.1. The number of hydrogen-bond donors (Lipinski definition) is 1. The van der Waals surface area contributed by atoms with Crippen molar-refractivity contribution in [3.8, 4) is 0 Å². The lowest BCUT2D eigenvalue weighted by Crippen LogP contribution is -2.24. The van der Waals surface area contributed by atoms with Gasteiger partial charge in [-0.3, -0.25) is 9.67 Å². The summed E-state index contributed by atoms with van der Waals surface area (Å²) in [6, 6.07) is 0.525. The van der Waals surface area contributed by atoms with Crippen LogP contribution in [0, 0.1) is 4.77 Å². The minimum absolute atomic E-state index is 0.0627. The van der Waals surface area contributed by atoms with Gasteiger partial charge in [-0.25, -0.2) is 0 Å². The number of hydrogen-bond acceptors (Lipinski definition) is 4. The molecule has 1 aliphatic carbocycles. The lowest BCUT2D eigenvalue weighted by atomic mass is 10.3. The van der Waals surface area contributed by atoms with E-state index in [-0.39, 0.29) is 6.10 Å². The molecule has 1 saturated carbocycles. The fraction of sp³-hybridized carbons (Fsp3) is 0.778. The first-order valence-corrected chi connectivity index (χ1v) is 5.63. The Morgan fingerprint density at radius 3 is 2.93 bits per heavy atom. The van der Waals surface area contributed by atoms with Crippen LogP contribution in [-0.2, 0) is 9.47 Å². The van der Waals surface area contributed by atoms with E-state index in [0.29, 0.717) is 30.6 Å². The van der Waals surface area contributed by atoms with Crippen LogP contribution < -0.4 is 0 Å². The van der Waals surface area contributed by atoms with E-state index < -0.39 is 0 Å². The van der Waals surface area contributed by atoms with Gasteiger partial charge in [0.1, 0.15) is 6.10 Å². The van der Waals surface area contributed by atoms with Crippen LogP contribution >= 0.6 is 12.2 Å². The summed E-state index contributed by atoms with van der Waals surface area (Å²) in [5.41, 5.74) is 0. The quantitative estimate of drug-likeness (QED) is 0.775. The molecule has 3 rings (SSSR count). The van der Waals surface area contributed by atoms with Crippen molar-refractivity contribution in [2.24, 2.45) is 0 Å². The lowest BCUT2D eigenvalue weighted by molar-refractivity contribution is -0.0948. The van der Waals surface area contributed by atoms with Gasteiger partial charge in [0.2, 0.25) is 0 Å². The molecule has 1 aliphatic heterocycles. The van der Waals surface area contributed by atoms with Gasteiger partial charge in [-0.1, -0.05) is 0 Å². The molecule has 0 bridgehead atoms. The Labute approximate surface area is 92.4 Å². The zero-order valence-electron chi connectivity index (χ0n) is 8.31. The highest BCUT2D eigenvalue weighted by Crippen LogP contribution is 2.37. The number of H-pyrrole nitrogens is 1. The van der Waals surface area contributed by atoms with E-state index in [0.717, 1.165) is 5.82 Å². The molecule has 1 aromatic heterocycles. The van der Waals surface area contributed by atoms with Crippen LogP contribution in [0.5, 0.6) is 0 Å². The molecule has 2 aliphatic rings. The first kappa shape index (κ1) is 9.50. The molecule has 2 heterocycles. The Kier molecular flexibility index (Phi) is 2.34. The van der Waals surface area contributed by atoms with E-state index >= 15 is 0 Å². The van der Waals surface area contributed by atoms with Gasteiger partial charge in [-0.2, -0.15) is 5.10 Å². The second-order valence-electron chi connectivity index (χ2n) is 3.92. The molecule has 1 N–H and O–H groups in total. The van der Waals surface area contributed by atoms with E-state index in [4.69, 9.17) is 21.7 Å². The molecule has 1 atom stereocenters. The molecular weight excluding hydrogens is 214 g/mol. The molecule has 82 valence electrons. The summed E-state index contributed by atoms with van der Waals surface area (Å²) >= 11 is 5.21. The van der Waals surface area contributed by atoms with Gasteiger partial charge >= 0.3 is 0 Å². The third kappa shape index (κ3) is 1.73. The summed E-state index contributed by atoms with van der Waals surface area (Å²) in [6.07, 6.45) is 2.32. The smallest absolute Gasteiger partial charge is 0.195 e.